The van der Waals surface area contributed by atoms with Gasteiger partial charge in [-0.3, -0.25) is 4.90 Å². The van der Waals surface area contributed by atoms with Crippen molar-refractivity contribution in [2.75, 3.05) is 4.90 Å². The van der Waals surface area contributed by atoms with Crippen LogP contribution in [0.5, 0.6) is 5.75 Å². The molecule has 9 nitrogen and oxygen atoms in total. The Kier molecular flexibility index (Phi) is 6.65. The van der Waals surface area contributed by atoms with E-state index in [2.05, 4.69) is 15.5 Å². The maximum atomic E-state index is 12.0. The average molecular weight is 465 g/mol. The number of alkyl carbamates (subject to hydrolysis) is 1. The Morgan fingerprint density at radius 3 is 2.71 bits per heavy atom. The molecule has 3 aromatic rings. The normalized spacial score (nSPS) is 12.5. The molecule has 0 aliphatic heterocycles. The highest BCUT2D eigenvalue weighted by Gasteiger charge is 2.25. The predicted octanol–water partition coefficient (Wildman–Crippen LogP) is 4.60. The number of thiophene rings is 2. The Bertz CT molecular complexity index is 1080. The molecule has 0 fully saturated rings. The van der Waals surface area contributed by atoms with E-state index in [1.54, 1.807) is 27.7 Å². The van der Waals surface area contributed by atoms with Gasteiger partial charge in [0, 0.05) is 17.3 Å². The van der Waals surface area contributed by atoms with E-state index in [1.807, 2.05) is 17.5 Å². The van der Waals surface area contributed by atoms with Gasteiger partial charge in [0.15, 0.2) is 5.75 Å². The maximum Gasteiger partial charge on any atom is 0.412 e. The van der Waals surface area contributed by atoms with Crippen molar-refractivity contribution in [3.8, 4) is 5.75 Å². The summed E-state index contributed by atoms with van der Waals surface area (Å²) in [5, 5.41) is 32.9. The number of anilines is 1. The van der Waals surface area contributed by atoms with E-state index >= 15 is 0 Å². The van der Waals surface area contributed by atoms with Crippen LogP contribution in [0.25, 0.3) is 10.2 Å². The maximum absolute atomic E-state index is 12.0. The van der Waals surface area contributed by atoms with Gasteiger partial charge in [-0.1, -0.05) is 6.07 Å². The average Bonchev–Trinajstić information content (AvgIpc) is 3.26. The summed E-state index contributed by atoms with van der Waals surface area (Å²) in [5.41, 5.74) is -0.0266. The number of carboxylic acid groups (broad SMARTS) is 1. The van der Waals surface area contributed by atoms with Gasteiger partial charge in [-0.15, -0.1) is 27.8 Å². The molecular weight excluding hydrogens is 440 g/mol. The van der Waals surface area contributed by atoms with E-state index < -0.39 is 17.8 Å². The summed E-state index contributed by atoms with van der Waals surface area (Å²) in [6, 6.07) is 3.38. The Hall–Kier alpha value is -2.92. The van der Waals surface area contributed by atoms with Crippen LogP contribution in [-0.4, -0.2) is 44.2 Å². The molecule has 1 unspecified atom stereocenters. The highest BCUT2D eigenvalue weighted by Crippen LogP contribution is 2.41. The highest BCUT2D eigenvalue weighted by atomic mass is 32.1. The van der Waals surface area contributed by atoms with Crippen molar-refractivity contribution in [2.24, 2.45) is 0 Å². The summed E-state index contributed by atoms with van der Waals surface area (Å²) in [4.78, 5) is 26.6. The summed E-state index contributed by atoms with van der Waals surface area (Å²) in [7, 11) is 0. The molecule has 0 aliphatic carbocycles. The molecule has 3 rings (SSSR count). The summed E-state index contributed by atoms with van der Waals surface area (Å²) < 4.78 is 5.78. The van der Waals surface area contributed by atoms with Crippen molar-refractivity contribution in [2.45, 2.75) is 52.3 Å². The number of carbonyl (C=O) groups excluding carboxylic acids is 1. The molecule has 0 bridgehead atoms. The van der Waals surface area contributed by atoms with E-state index in [4.69, 9.17) is 4.74 Å². The fraction of sp³-hybridized carbons (Fsp3) is 0.400. The van der Waals surface area contributed by atoms with Gasteiger partial charge in [0.25, 0.3) is 0 Å². The van der Waals surface area contributed by atoms with Gasteiger partial charge < -0.3 is 20.3 Å². The lowest BCUT2D eigenvalue weighted by Gasteiger charge is -2.21. The summed E-state index contributed by atoms with van der Waals surface area (Å²) in [6.07, 6.45) is 0.0292. The van der Waals surface area contributed by atoms with Crippen LogP contribution in [-0.2, 0) is 17.7 Å². The number of carbonyl (C=O) groups is 2. The van der Waals surface area contributed by atoms with Gasteiger partial charge in [0.05, 0.1) is 28.0 Å². The number of aromatic hydroxyl groups is 1. The monoisotopic (exact) mass is 464 g/mol. The minimum Gasteiger partial charge on any atom is -0.504 e. The Labute approximate surface area is 187 Å². The third-order valence-electron chi connectivity index (χ3n) is 4.17. The summed E-state index contributed by atoms with van der Waals surface area (Å²) in [6.45, 7) is 7.29. The van der Waals surface area contributed by atoms with Crippen LogP contribution in [0.2, 0.25) is 0 Å². The minimum atomic E-state index is -1.13. The van der Waals surface area contributed by atoms with Crippen molar-refractivity contribution in [1.82, 2.24) is 15.5 Å². The SMILES string of the molecule is CC(Cc1sc2c(N(Cc3cccs3)C(=O)O)cnnc2c1O)NC(=O)OC(C)(C)C. The number of ether oxygens (including phenoxy) is 1. The van der Waals surface area contributed by atoms with Gasteiger partial charge in [0.1, 0.15) is 11.1 Å². The fourth-order valence-electron chi connectivity index (χ4n) is 2.91. The molecule has 166 valence electrons. The minimum absolute atomic E-state index is 0.0614. The second kappa shape index (κ2) is 9.06. The summed E-state index contributed by atoms with van der Waals surface area (Å²) in [5.74, 6) is -0.0614. The Morgan fingerprint density at radius 1 is 1.35 bits per heavy atom. The third kappa shape index (κ3) is 5.61. The van der Waals surface area contributed by atoms with Crippen LogP contribution >= 0.6 is 22.7 Å². The molecule has 1 atom stereocenters. The second-order valence-electron chi connectivity index (χ2n) is 7.98. The molecule has 0 spiro atoms. The van der Waals surface area contributed by atoms with Crippen LogP contribution in [0.15, 0.2) is 23.7 Å². The van der Waals surface area contributed by atoms with Crippen LogP contribution in [0.3, 0.4) is 0 Å². The third-order valence-corrected chi connectivity index (χ3v) is 6.24. The van der Waals surface area contributed by atoms with E-state index in [9.17, 15) is 19.8 Å². The quantitative estimate of drug-likeness (QED) is 0.487. The van der Waals surface area contributed by atoms with E-state index in [-0.39, 0.29) is 23.9 Å². The van der Waals surface area contributed by atoms with Crippen LogP contribution in [0.4, 0.5) is 15.3 Å². The molecule has 2 amide bonds. The molecule has 3 heterocycles. The number of nitrogens with one attached hydrogen (secondary N) is 1. The zero-order chi connectivity index (χ0) is 22.8. The van der Waals surface area contributed by atoms with E-state index in [0.717, 1.165) is 4.88 Å². The lowest BCUT2D eigenvalue weighted by molar-refractivity contribution is 0.0508. The first kappa shape index (κ1) is 22.8. The summed E-state index contributed by atoms with van der Waals surface area (Å²) >= 11 is 2.69. The van der Waals surface area contributed by atoms with Crippen molar-refractivity contribution >= 4 is 50.8 Å². The molecule has 0 aliphatic rings. The lowest BCUT2D eigenvalue weighted by atomic mass is 10.2. The molecule has 0 saturated heterocycles. The number of rotatable bonds is 6. The van der Waals surface area contributed by atoms with Crippen molar-refractivity contribution < 1.29 is 24.5 Å². The van der Waals surface area contributed by atoms with Crippen molar-refractivity contribution in [3.05, 3.63) is 33.5 Å². The zero-order valence-electron chi connectivity index (χ0n) is 17.6. The largest absolute Gasteiger partial charge is 0.504 e. The number of fused-ring (bicyclic) bond motifs is 1. The Morgan fingerprint density at radius 2 is 2.10 bits per heavy atom. The molecule has 11 heteroatoms. The fourth-order valence-corrected chi connectivity index (χ4v) is 4.88. The van der Waals surface area contributed by atoms with Crippen molar-refractivity contribution in [3.63, 3.8) is 0 Å². The predicted molar refractivity (Wildman–Crippen MR) is 120 cm³/mol. The van der Waals surface area contributed by atoms with Gasteiger partial charge in [-0.25, -0.2) is 9.59 Å². The van der Waals surface area contributed by atoms with Gasteiger partial charge in [0.2, 0.25) is 0 Å². The molecule has 0 aromatic carbocycles. The number of hydrogen-bond acceptors (Lipinski definition) is 8. The smallest absolute Gasteiger partial charge is 0.412 e. The molecule has 31 heavy (non-hydrogen) atoms. The Balaban J connectivity index is 1.86. The first-order valence-corrected chi connectivity index (χ1v) is 11.2. The van der Waals surface area contributed by atoms with E-state index in [1.165, 1.54) is 33.8 Å². The van der Waals surface area contributed by atoms with Gasteiger partial charge >= 0.3 is 12.2 Å². The molecule has 0 radical (unpaired) electrons. The molecular formula is C20H24N4O5S2. The number of aromatic nitrogens is 2. The standard InChI is InChI=1S/C20H24N4O5S2/c1-11(22-18(26)29-20(2,3)4)8-14-16(25)15-17(31-14)13(9-21-23-15)24(19(27)28)10-12-6-5-7-30-12/h5-7,9,11,25H,8,10H2,1-4H3,(H,22,26)(H,27,28). The lowest BCUT2D eigenvalue weighted by Crippen LogP contribution is -2.38. The number of amides is 2. The molecule has 0 saturated carbocycles. The highest BCUT2D eigenvalue weighted by molar-refractivity contribution is 7.20. The molecule has 3 N–H and O–H groups in total. The first-order chi connectivity index (χ1) is 14.5. The first-order valence-electron chi connectivity index (χ1n) is 9.53. The number of hydrogen-bond donors (Lipinski definition) is 3. The van der Waals surface area contributed by atoms with Gasteiger partial charge in [-0.05, 0) is 39.1 Å². The second-order valence-corrected chi connectivity index (χ2v) is 10.1. The van der Waals surface area contributed by atoms with Crippen LogP contribution in [0, 0.1) is 0 Å². The molecule has 3 aromatic heterocycles. The van der Waals surface area contributed by atoms with Gasteiger partial charge in [-0.2, -0.15) is 5.10 Å². The number of nitrogens with zero attached hydrogens (tertiary/aromatic N) is 3. The van der Waals surface area contributed by atoms with E-state index in [0.29, 0.717) is 21.7 Å². The van der Waals surface area contributed by atoms with Crippen LogP contribution in [0.1, 0.15) is 37.4 Å². The van der Waals surface area contributed by atoms with Crippen molar-refractivity contribution in [1.29, 1.82) is 0 Å². The zero-order valence-corrected chi connectivity index (χ0v) is 19.2. The topological polar surface area (TPSA) is 125 Å². The van der Waals surface area contributed by atoms with Crippen LogP contribution < -0.4 is 10.2 Å².